The number of benzene rings is 2. The van der Waals surface area contributed by atoms with Gasteiger partial charge in [-0.2, -0.15) is 0 Å². The highest BCUT2D eigenvalue weighted by atomic mass is 16.7. The maximum Gasteiger partial charge on any atom is 0.303 e. The minimum Gasteiger partial charge on any atom is -0.456 e. The Morgan fingerprint density at radius 1 is 0.882 bits per heavy atom. The molecule has 0 saturated carbocycles. The Morgan fingerprint density at radius 3 is 2.33 bits per heavy atom. The normalized spacial score (nSPS) is 21.6. The first kappa shape index (κ1) is 39.9. The number of nitrogens with zero attached hydrogens (tertiary/aromatic N) is 3. The van der Waals surface area contributed by atoms with Crippen LogP contribution in [0.2, 0.25) is 0 Å². The average molecular weight is 708 g/mol. The predicted octanol–water partition coefficient (Wildman–Crippen LogP) is 5.82. The lowest BCUT2D eigenvalue weighted by molar-refractivity contribution is -0.274. The molecule has 7 unspecified atom stereocenters. The monoisotopic (exact) mass is 707 g/mol. The van der Waals surface area contributed by atoms with E-state index in [1.165, 1.54) is 40.0 Å². The van der Waals surface area contributed by atoms with Crippen LogP contribution in [0, 0.1) is 11.8 Å². The molecule has 1 fully saturated rings. The first-order chi connectivity index (χ1) is 24.5. The number of hydrogen-bond acceptors (Lipinski definition) is 10. The second kappa shape index (κ2) is 20.2. The van der Waals surface area contributed by atoms with E-state index in [-0.39, 0.29) is 12.5 Å². The molecule has 12 heteroatoms. The van der Waals surface area contributed by atoms with E-state index in [4.69, 9.17) is 18.9 Å². The van der Waals surface area contributed by atoms with E-state index in [1.807, 2.05) is 30.3 Å². The van der Waals surface area contributed by atoms with Gasteiger partial charge in [0.15, 0.2) is 18.5 Å². The molecule has 2 N–H and O–H groups in total. The van der Waals surface area contributed by atoms with Crippen LogP contribution in [0.25, 0.3) is 22.0 Å². The lowest BCUT2D eigenvalue weighted by atomic mass is 9.95. The lowest BCUT2D eigenvalue weighted by Crippen LogP contribution is -2.66. The molecule has 7 atom stereocenters. The van der Waals surface area contributed by atoms with Gasteiger partial charge in [-0.25, -0.2) is 4.68 Å². The van der Waals surface area contributed by atoms with Crippen molar-refractivity contribution in [2.24, 2.45) is 11.8 Å². The number of ether oxygens (including phenoxy) is 4. The summed E-state index contributed by atoms with van der Waals surface area (Å²) in [5.74, 6) is -0.242. The zero-order chi connectivity index (χ0) is 36.8. The SMILES string of the molecule is CCC(C)CCNCCCCC(C)CCCOC1OC(Cn2cc(-c3ccc4ccccc4c3)nn2)C(OC(C)=O)C(OC(C)=O)C1NC(C)=O. The van der Waals surface area contributed by atoms with E-state index in [2.05, 4.69) is 53.8 Å². The number of amides is 1. The van der Waals surface area contributed by atoms with Crippen molar-refractivity contribution in [3.63, 3.8) is 0 Å². The van der Waals surface area contributed by atoms with Crippen molar-refractivity contribution in [2.75, 3.05) is 19.7 Å². The van der Waals surface area contributed by atoms with Crippen LogP contribution in [0.3, 0.4) is 0 Å². The molecule has 12 nitrogen and oxygen atoms in total. The van der Waals surface area contributed by atoms with Crippen molar-refractivity contribution >= 4 is 28.6 Å². The number of nitrogens with one attached hydrogen (secondary N) is 2. The van der Waals surface area contributed by atoms with E-state index >= 15 is 0 Å². The summed E-state index contributed by atoms with van der Waals surface area (Å²) in [6.45, 7) is 13.3. The van der Waals surface area contributed by atoms with Crippen LogP contribution in [-0.4, -0.2) is 83.2 Å². The van der Waals surface area contributed by atoms with Crippen molar-refractivity contribution in [2.45, 2.75) is 124 Å². The number of esters is 2. The maximum atomic E-state index is 12.4. The summed E-state index contributed by atoms with van der Waals surface area (Å²) in [5, 5.41) is 17.3. The molecule has 2 heterocycles. The predicted molar refractivity (Wildman–Crippen MR) is 195 cm³/mol. The van der Waals surface area contributed by atoms with Crippen LogP contribution in [0.4, 0.5) is 0 Å². The number of rotatable bonds is 20. The number of hydrogen-bond donors (Lipinski definition) is 2. The Kier molecular flexibility index (Phi) is 15.8. The van der Waals surface area contributed by atoms with Gasteiger partial charge < -0.3 is 29.6 Å². The fourth-order valence-corrected chi connectivity index (χ4v) is 6.50. The Balaban J connectivity index is 1.40. The largest absolute Gasteiger partial charge is 0.456 e. The summed E-state index contributed by atoms with van der Waals surface area (Å²) < 4.78 is 25.8. The summed E-state index contributed by atoms with van der Waals surface area (Å²) in [5.41, 5.74) is 1.56. The molecule has 280 valence electrons. The number of aromatic nitrogens is 3. The van der Waals surface area contributed by atoms with Crippen LogP contribution in [0.15, 0.2) is 48.7 Å². The summed E-state index contributed by atoms with van der Waals surface area (Å²) in [7, 11) is 0. The first-order valence-electron chi connectivity index (χ1n) is 18.5. The third-order valence-electron chi connectivity index (χ3n) is 9.51. The molecule has 1 saturated heterocycles. The topological polar surface area (TPSA) is 143 Å². The molecule has 2 aromatic carbocycles. The van der Waals surface area contributed by atoms with Gasteiger partial charge in [-0.1, -0.05) is 81.6 Å². The average Bonchev–Trinajstić information content (AvgIpc) is 3.56. The summed E-state index contributed by atoms with van der Waals surface area (Å²) in [6, 6.07) is 13.2. The number of carbonyl (C=O) groups is 3. The smallest absolute Gasteiger partial charge is 0.303 e. The lowest BCUT2D eigenvalue weighted by Gasteiger charge is -2.45. The van der Waals surface area contributed by atoms with Crippen LogP contribution >= 0.6 is 0 Å². The third-order valence-corrected chi connectivity index (χ3v) is 9.51. The standard InChI is InChI=1S/C39H57N5O7/c1-7-26(2)19-21-40-20-11-10-13-27(3)14-12-22-48-39-36(41-28(4)45)38(50-30(6)47)37(49-29(5)46)35(51-39)25-44-24-34(42-43-44)33-18-17-31-15-8-9-16-32(31)23-33/h8-9,15-18,23-24,26-27,35-40H,7,10-14,19-22,25H2,1-6H3,(H,41,45). The highest BCUT2D eigenvalue weighted by molar-refractivity contribution is 5.86. The number of unbranched alkanes of at least 4 members (excludes halogenated alkanes) is 1. The second-order valence-corrected chi connectivity index (χ2v) is 14.0. The fourth-order valence-electron chi connectivity index (χ4n) is 6.50. The van der Waals surface area contributed by atoms with Gasteiger partial charge in [0.05, 0.1) is 12.7 Å². The van der Waals surface area contributed by atoms with Gasteiger partial charge in [0, 0.05) is 32.9 Å². The van der Waals surface area contributed by atoms with Gasteiger partial charge in [-0.15, -0.1) is 5.10 Å². The van der Waals surface area contributed by atoms with Crippen LogP contribution < -0.4 is 10.6 Å². The van der Waals surface area contributed by atoms with Crippen molar-refractivity contribution in [1.82, 2.24) is 25.6 Å². The molecule has 0 bridgehead atoms. The van der Waals surface area contributed by atoms with Crippen LogP contribution in [0.1, 0.15) is 86.5 Å². The third kappa shape index (κ3) is 12.7. The fraction of sp³-hybridized carbons (Fsp3) is 0.615. The number of carbonyl (C=O) groups excluding carboxylic acids is 3. The molecule has 1 aliphatic rings. The first-order valence-corrected chi connectivity index (χ1v) is 18.5. The summed E-state index contributed by atoms with van der Waals surface area (Å²) >= 11 is 0. The molecule has 1 amide bonds. The van der Waals surface area contributed by atoms with Gasteiger partial charge >= 0.3 is 11.9 Å². The van der Waals surface area contributed by atoms with E-state index in [9.17, 15) is 14.4 Å². The Hall–Kier alpha value is -3.87. The minimum absolute atomic E-state index is 0.118. The van der Waals surface area contributed by atoms with Crippen molar-refractivity contribution < 1.29 is 33.3 Å². The summed E-state index contributed by atoms with van der Waals surface area (Å²) in [4.78, 5) is 37.0. The zero-order valence-electron chi connectivity index (χ0n) is 31.1. The zero-order valence-corrected chi connectivity index (χ0v) is 31.1. The minimum atomic E-state index is -1.07. The number of fused-ring (bicyclic) bond motifs is 1. The van der Waals surface area contributed by atoms with Gasteiger partial charge in [0.25, 0.3) is 0 Å². The molecule has 1 aromatic heterocycles. The second-order valence-electron chi connectivity index (χ2n) is 14.0. The van der Waals surface area contributed by atoms with E-state index in [0.717, 1.165) is 61.0 Å². The quantitative estimate of drug-likeness (QED) is 0.109. The van der Waals surface area contributed by atoms with Crippen molar-refractivity contribution in [3.8, 4) is 11.3 Å². The molecule has 51 heavy (non-hydrogen) atoms. The molecular formula is C39H57N5O7. The molecule has 0 aliphatic carbocycles. The molecule has 0 spiro atoms. The highest BCUT2D eigenvalue weighted by Gasteiger charge is 2.51. The van der Waals surface area contributed by atoms with E-state index in [0.29, 0.717) is 18.2 Å². The molecule has 3 aromatic rings. The van der Waals surface area contributed by atoms with Crippen LogP contribution in [-0.2, 0) is 39.9 Å². The molecular weight excluding hydrogens is 650 g/mol. The Bertz CT molecular complexity index is 1550. The van der Waals surface area contributed by atoms with Crippen molar-refractivity contribution in [1.29, 1.82) is 0 Å². The van der Waals surface area contributed by atoms with E-state index in [1.54, 1.807) is 10.9 Å². The summed E-state index contributed by atoms with van der Waals surface area (Å²) in [6.07, 6.45) is 5.53. The van der Waals surface area contributed by atoms with Gasteiger partial charge in [0.1, 0.15) is 17.8 Å². The Morgan fingerprint density at radius 2 is 1.61 bits per heavy atom. The van der Waals surface area contributed by atoms with E-state index < -0.39 is 42.6 Å². The van der Waals surface area contributed by atoms with Gasteiger partial charge in [-0.05, 0) is 67.4 Å². The van der Waals surface area contributed by atoms with Crippen LogP contribution in [0.5, 0.6) is 0 Å². The Labute approximate surface area is 302 Å². The highest BCUT2D eigenvalue weighted by Crippen LogP contribution is 2.30. The molecule has 0 radical (unpaired) electrons. The van der Waals surface area contributed by atoms with Gasteiger partial charge in [0.2, 0.25) is 5.91 Å². The van der Waals surface area contributed by atoms with Gasteiger partial charge in [-0.3, -0.25) is 14.4 Å². The maximum absolute atomic E-state index is 12.4. The molecule has 4 rings (SSSR count). The molecule has 1 aliphatic heterocycles. The van der Waals surface area contributed by atoms with Crippen molar-refractivity contribution in [3.05, 3.63) is 48.7 Å².